The van der Waals surface area contributed by atoms with E-state index in [1.54, 1.807) is 11.3 Å². The summed E-state index contributed by atoms with van der Waals surface area (Å²) < 4.78 is 6.74. The first kappa shape index (κ1) is 13.2. The van der Waals surface area contributed by atoms with Gasteiger partial charge in [0.25, 0.3) is 0 Å². The van der Waals surface area contributed by atoms with Gasteiger partial charge in [-0.15, -0.1) is 11.3 Å². The van der Waals surface area contributed by atoms with E-state index < -0.39 is 0 Å². The number of thiophene rings is 1. The highest BCUT2D eigenvalue weighted by Gasteiger charge is 2.14. The Morgan fingerprint density at radius 2 is 2.00 bits per heavy atom. The number of hydrogen-bond acceptors (Lipinski definition) is 3. The maximum atomic E-state index is 11.9. The molecule has 3 heteroatoms. The van der Waals surface area contributed by atoms with Crippen molar-refractivity contribution in [2.45, 2.75) is 32.8 Å². The van der Waals surface area contributed by atoms with Crippen molar-refractivity contribution in [3.05, 3.63) is 35.2 Å². The molecule has 0 amide bonds. The molecule has 96 valence electrons. The first-order valence-electron chi connectivity index (χ1n) is 6.06. The average Bonchev–Trinajstić information content (AvgIpc) is 2.70. The zero-order chi connectivity index (χ0) is 13.2. The van der Waals surface area contributed by atoms with Crippen molar-refractivity contribution in [3.8, 4) is 0 Å². The zero-order valence-electron chi connectivity index (χ0n) is 11.0. The lowest BCUT2D eigenvalue weighted by Crippen LogP contribution is -2.24. The molecule has 0 aliphatic carbocycles. The number of Topliss-reactive ketones (excluding diaryl/α,β-unsaturated/α-hetero) is 1. The molecule has 2 aromatic rings. The van der Waals surface area contributed by atoms with E-state index in [-0.39, 0.29) is 18.0 Å². The molecule has 0 aliphatic heterocycles. The zero-order valence-corrected chi connectivity index (χ0v) is 11.8. The summed E-state index contributed by atoms with van der Waals surface area (Å²) in [6.07, 6.45) is 0.458. The molecule has 18 heavy (non-hydrogen) atoms. The molecule has 0 spiro atoms. The number of ether oxygens (including phenoxy) is 1. The Hall–Kier alpha value is -1.19. The summed E-state index contributed by atoms with van der Waals surface area (Å²) in [6, 6.07) is 8.18. The standard InChI is InChI=1S/C15H18O2S/c1-15(2,3)17-9-12(16)8-11-10-18-14-7-5-4-6-13(11)14/h4-7,10H,8-9H2,1-3H3. The smallest absolute Gasteiger partial charge is 0.162 e. The fourth-order valence-electron chi connectivity index (χ4n) is 1.73. The van der Waals surface area contributed by atoms with Crippen LogP contribution in [-0.4, -0.2) is 18.0 Å². The van der Waals surface area contributed by atoms with Gasteiger partial charge in [-0.3, -0.25) is 4.79 Å². The van der Waals surface area contributed by atoms with E-state index in [1.165, 1.54) is 10.1 Å². The minimum Gasteiger partial charge on any atom is -0.368 e. The van der Waals surface area contributed by atoms with Crippen LogP contribution in [-0.2, 0) is 16.0 Å². The maximum Gasteiger partial charge on any atom is 0.162 e. The number of carbonyl (C=O) groups excluding carboxylic acids is 1. The van der Waals surface area contributed by atoms with Crippen molar-refractivity contribution in [1.82, 2.24) is 0 Å². The summed E-state index contributed by atoms with van der Waals surface area (Å²) in [7, 11) is 0. The summed E-state index contributed by atoms with van der Waals surface area (Å²) in [5, 5.41) is 3.26. The van der Waals surface area contributed by atoms with Crippen LogP contribution in [0.5, 0.6) is 0 Å². The van der Waals surface area contributed by atoms with E-state index in [1.807, 2.05) is 32.9 Å². The van der Waals surface area contributed by atoms with Crippen LogP contribution >= 0.6 is 11.3 Å². The Morgan fingerprint density at radius 3 is 2.72 bits per heavy atom. The van der Waals surface area contributed by atoms with Crippen LogP contribution in [0.15, 0.2) is 29.6 Å². The molecule has 0 saturated heterocycles. The van der Waals surface area contributed by atoms with Crippen molar-refractivity contribution < 1.29 is 9.53 Å². The molecule has 0 bridgehead atoms. The lowest BCUT2D eigenvalue weighted by molar-refractivity contribution is -0.127. The highest BCUT2D eigenvalue weighted by Crippen LogP contribution is 2.26. The van der Waals surface area contributed by atoms with E-state index in [0.717, 1.165) is 5.56 Å². The van der Waals surface area contributed by atoms with E-state index in [2.05, 4.69) is 17.5 Å². The summed E-state index contributed by atoms with van der Waals surface area (Å²) in [6.45, 7) is 6.06. The van der Waals surface area contributed by atoms with Crippen LogP contribution in [0, 0.1) is 0 Å². The highest BCUT2D eigenvalue weighted by molar-refractivity contribution is 7.17. The van der Waals surface area contributed by atoms with E-state index in [4.69, 9.17) is 4.74 Å². The van der Waals surface area contributed by atoms with Crippen LogP contribution in [0.25, 0.3) is 10.1 Å². The molecule has 2 nitrogen and oxygen atoms in total. The van der Waals surface area contributed by atoms with Crippen LogP contribution in [0.3, 0.4) is 0 Å². The third-order valence-electron chi connectivity index (χ3n) is 2.61. The lowest BCUT2D eigenvalue weighted by atomic mass is 10.1. The van der Waals surface area contributed by atoms with Gasteiger partial charge >= 0.3 is 0 Å². The maximum absolute atomic E-state index is 11.9. The molecule has 0 N–H and O–H groups in total. The van der Waals surface area contributed by atoms with Gasteiger partial charge < -0.3 is 4.74 Å². The van der Waals surface area contributed by atoms with Crippen LogP contribution in [0.2, 0.25) is 0 Å². The molecule has 2 rings (SSSR count). The molecule has 1 aromatic heterocycles. The van der Waals surface area contributed by atoms with Crippen LogP contribution in [0.1, 0.15) is 26.3 Å². The molecule has 0 saturated carbocycles. The largest absolute Gasteiger partial charge is 0.368 e. The van der Waals surface area contributed by atoms with Crippen LogP contribution < -0.4 is 0 Å². The van der Waals surface area contributed by atoms with Crippen molar-refractivity contribution in [1.29, 1.82) is 0 Å². The second-order valence-corrected chi connectivity index (χ2v) is 6.28. The fourth-order valence-corrected chi connectivity index (χ4v) is 2.69. The van der Waals surface area contributed by atoms with Gasteiger partial charge in [-0.05, 0) is 43.2 Å². The monoisotopic (exact) mass is 262 g/mol. The van der Waals surface area contributed by atoms with Crippen molar-refractivity contribution in [2.75, 3.05) is 6.61 Å². The van der Waals surface area contributed by atoms with Gasteiger partial charge in [0.2, 0.25) is 0 Å². The number of ketones is 1. The predicted molar refractivity (Wildman–Crippen MR) is 76.2 cm³/mol. The Labute approximate surface area is 112 Å². The Bertz CT molecular complexity index is 549. The Balaban J connectivity index is 2.03. The van der Waals surface area contributed by atoms with Crippen molar-refractivity contribution >= 4 is 27.2 Å². The third kappa shape index (κ3) is 3.40. The molecule has 0 unspecified atom stereocenters. The third-order valence-corrected chi connectivity index (χ3v) is 3.63. The van der Waals surface area contributed by atoms with Crippen LogP contribution in [0.4, 0.5) is 0 Å². The number of rotatable bonds is 4. The van der Waals surface area contributed by atoms with Gasteiger partial charge in [0.15, 0.2) is 5.78 Å². The summed E-state index contributed by atoms with van der Waals surface area (Å²) in [5.74, 6) is 0.133. The molecule has 0 radical (unpaired) electrons. The van der Waals surface area contributed by atoms with Gasteiger partial charge in [0.1, 0.15) is 6.61 Å². The molecule has 0 fully saturated rings. The number of hydrogen-bond donors (Lipinski definition) is 0. The Morgan fingerprint density at radius 1 is 1.28 bits per heavy atom. The Kier molecular flexibility index (Phi) is 3.83. The normalized spacial score (nSPS) is 11.9. The van der Waals surface area contributed by atoms with Gasteiger partial charge in [-0.25, -0.2) is 0 Å². The number of carbonyl (C=O) groups is 1. The minimum atomic E-state index is -0.258. The highest BCUT2D eigenvalue weighted by atomic mass is 32.1. The first-order valence-corrected chi connectivity index (χ1v) is 6.94. The predicted octanol–water partition coefficient (Wildman–Crippen LogP) is 3.83. The molecular formula is C15H18O2S. The topological polar surface area (TPSA) is 26.3 Å². The van der Waals surface area contributed by atoms with E-state index in [0.29, 0.717) is 6.42 Å². The number of fused-ring (bicyclic) bond motifs is 1. The second kappa shape index (κ2) is 5.21. The average molecular weight is 262 g/mol. The SMILES string of the molecule is CC(C)(C)OCC(=O)Cc1csc2ccccc12. The minimum absolute atomic E-state index is 0.133. The quantitative estimate of drug-likeness (QED) is 0.837. The summed E-state index contributed by atoms with van der Waals surface area (Å²) in [5.41, 5.74) is 0.852. The van der Waals surface area contributed by atoms with E-state index in [9.17, 15) is 4.79 Å². The van der Waals surface area contributed by atoms with Gasteiger partial charge in [0, 0.05) is 11.1 Å². The number of benzene rings is 1. The first-order chi connectivity index (χ1) is 8.46. The molecule has 0 atom stereocenters. The molecule has 0 aliphatic rings. The molecule has 1 aromatic carbocycles. The lowest BCUT2D eigenvalue weighted by Gasteiger charge is -2.18. The van der Waals surface area contributed by atoms with Crippen molar-refractivity contribution in [2.24, 2.45) is 0 Å². The molecular weight excluding hydrogens is 244 g/mol. The van der Waals surface area contributed by atoms with Gasteiger partial charge in [-0.2, -0.15) is 0 Å². The van der Waals surface area contributed by atoms with Gasteiger partial charge in [-0.1, -0.05) is 18.2 Å². The second-order valence-electron chi connectivity index (χ2n) is 5.37. The summed E-state index contributed by atoms with van der Waals surface area (Å²) in [4.78, 5) is 11.9. The van der Waals surface area contributed by atoms with Gasteiger partial charge in [0.05, 0.1) is 5.60 Å². The van der Waals surface area contributed by atoms with E-state index >= 15 is 0 Å². The summed E-state index contributed by atoms with van der Waals surface area (Å²) >= 11 is 1.69. The fraction of sp³-hybridized carbons (Fsp3) is 0.400. The molecule has 1 heterocycles. The van der Waals surface area contributed by atoms with Crippen molar-refractivity contribution in [3.63, 3.8) is 0 Å².